The van der Waals surface area contributed by atoms with Gasteiger partial charge in [0, 0.05) is 34.9 Å². The number of carbonyl (C=O) groups excluding carboxylic acids is 1. The van der Waals surface area contributed by atoms with Crippen molar-refractivity contribution in [2.24, 2.45) is 4.99 Å². The van der Waals surface area contributed by atoms with Gasteiger partial charge < -0.3 is 16.0 Å². The highest BCUT2D eigenvalue weighted by Crippen LogP contribution is 2.25. The molecule has 1 unspecified atom stereocenters. The quantitative estimate of drug-likeness (QED) is 0.215. The number of hydrogen-bond donors (Lipinski definition) is 3. The van der Waals surface area contributed by atoms with Crippen LogP contribution in [0.4, 0.5) is 0 Å². The number of nitrogens with one attached hydrogen (secondary N) is 3. The number of amides is 1. The molecular formula is C17H26BrIN4OS. The summed E-state index contributed by atoms with van der Waals surface area (Å²) in [5.41, 5.74) is 0.664. The topological polar surface area (TPSA) is 65.5 Å². The summed E-state index contributed by atoms with van der Waals surface area (Å²) in [4.78, 5) is 16.7. The van der Waals surface area contributed by atoms with Gasteiger partial charge in [-0.25, -0.2) is 0 Å². The molecule has 1 aromatic carbocycles. The van der Waals surface area contributed by atoms with Crippen molar-refractivity contribution in [2.45, 2.75) is 25.0 Å². The molecule has 1 fully saturated rings. The van der Waals surface area contributed by atoms with Crippen molar-refractivity contribution in [3.63, 3.8) is 0 Å². The Kier molecular flexibility index (Phi) is 11.6. The summed E-state index contributed by atoms with van der Waals surface area (Å²) in [7, 11) is 0. The maximum Gasteiger partial charge on any atom is 0.251 e. The molecule has 2 rings (SSSR count). The fourth-order valence-corrected chi connectivity index (χ4v) is 3.83. The number of rotatable bonds is 7. The van der Waals surface area contributed by atoms with E-state index in [4.69, 9.17) is 0 Å². The molecule has 25 heavy (non-hydrogen) atoms. The highest BCUT2D eigenvalue weighted by atomic mass is 127. The molecule has 0 spiro atoms. The number of benzene rings is 1. The van der Waals surface area contributed by atoms with Crippen molar-refractivity contribution in [1.29, 1.82) is 0 Å². The zero-order valence-corrected chi connectivity index (χ0v) is 19.1. The normalized spacial score (nSPS) is 16.9. The van der Waals surface area contributed by atoms with E-state index < -0.39 is 0 Å². The van der Waals surface area contributed by atoms with Gasteiger partial charge in [-0.2, -0.15) is 11.8 Å². The third-order valence-electron chi connectivity index (χ3n) is 3.63. The Morgan fingerprint density at radius 3 is 2.60 bits per heavy atom. The second kappa shape index (κ2) is 12.8. The monoisotopic (exact) mass is 540 g/mol. The molecule has 1 aromatic rings. The minimum absolute atomic E-state index is 0. The van der Waals surface area contributed by atoms with Crippen molar-refractivity contribution in [1.82, 2.24) is 16.0 Å². The lowest BCUT2D eigenvalue weighted by Crippen LogP contribution is -2.41. The molecule has 0 bridgehead atoms. The lowest BCUT2D eigenvalue weighted by Gasteiger charge is -2.13. The smallest absolute Gasteiger partial charge is 0.251 e. The zero-order valence-electron chi connectivity index (χ0n) is 14.4. The van der Waals surface area contributed by atoms with Gasteiger partial charge in [-0.15, -0.1) is 24.0 Å². The van der Waals surface area contributed by atoms with E-state index in [1.807, 2.05) is 23.9 Å². The van der Waals surface area contributed by atoms with Gasteiger partial charge in [0.15, 0.2) is 5.96 Å². The maximum absolute atomic E-state index is 12.0. The van der Waals surface area contributed by atoms with E-state index >= 15 is 0 Å². The largest absolute Gasteiger partial charge is 0.357 e. The number of guanidine groups is 1. The minimum Gasteiger partial charge on any atom is -0.357 e. The van der Waals surface area contributed by atoms with Gasteiger partial charge in [-0.05, 0) is 49.8 Å². The van der Waals surface area contributed by atoms with E-state index in [-0.39, 0.29) is 29.9 Å². The average Bonchev–Trinajstić information content (AvgIpc) is 3.10. The molecule has 0 saturated carbocycles. The average molecular weight is 541 g/mol. The van der Waals surface area contributed by atoms with E-state index in [0.29, 0.717) is 23.9 Å². The van der Waals surface area contributed by atoms with E-state index in [9.17, 15) is 4.79 Å². The van der Waals surface area contributed by atoms with Gasteiger partial charge in [0.1, 0.15) is 0 Å². The predicted octanol–water partition coefficient (Wildman–Crippen LogP) is 3.25. The van der Waals surface area contributed by atoms with Crippen molar-refractivity contribution in [2.75, 3.05) is 31.9 Å². The summed E-state index contributed by atoms with van der Waals surface area (Å²) >= 11 is 5.38. The highest BCUT2D eigenvalue weighted by molar-refractivity contribution is 14.0. The van der Waals surface area contributed by atoms with Crippen LogP contribution in [0.5, 0.6) is 0 Å². The molecule has 5 nitrogen and oxygen atoms in total. The van der Waals surface area contributed by atoms with Crippen LogP contribution in [0.1, 0.15) is 30.1 Å². The van der Waals surface area contributed by atoms with E-state index in [2.05, 4.69) is 43.8 Å². The third-order valence-corrected chi connectivity index (χ3v) is 5.54. The molecule has 0 aliphatic carbocycles. The maximum atomic E-state index is 12.0. The van der Waals surface area contributed by atoms with Crippen molar-refractivity contribution < 1.29 is 4.79 Å². The second-order valence-corrected chi connectivity index (χ2v) is 7.87. The fourth-order valence-electron chi connectivity index (χ4n) is 2.38. The molecule has 140 valence electrons. The first-order valence-electron chi connectivity index (χ1n) is 8.36. The highest BCUT2D eigenvalue weighted by Gasteiger charge is 2.14. The lowest BCUT2D eigenvalue weighted by molar-refractivity contribution is 0.0954. The molecule has 0 radical (unpaired) electrons. The molecule has 8 heteroatoms. The van der Waals surface area contributed by atoms with Crippen LogP contribution in [0.25, 0.3) is 0 Å². The summed E-state index contributed by atoms with van der Waals surface area (Å²) in [6, 6.07) is 7.34. The zero-order chi connectivity index (χ0) is 17.2. The van der Waals surface area contributed by atoms with E-state index in [0.717, 1.165) is 23.5 Å². The molecule has 1 saturated heterocycles. The van der Waals surface area contributed by atoms with Crippen molar-refractivity contribution in [3.8, 4) is 0 Å². The standard InChI is InChI=1S/C17H25BrN4OS.HI/c1-2-19-17(22-12-15-4-3-11-24-15)21-10-9-20-16(23)13-5-7-14(18)8-6-13;/h5-8,15H,2-4,9-12H2,1H3,(H,20,23)(H2,19,21,22);1H. The van der Waals surface area contributed by atoms with Gasteiger partial charge in [0.25, 0.3) is 5.91 Å². The summed E-state index contributed by atoms with van der Waals surface area (Å²) in [6.07, 6.45) is 2.56. The van der Waals surface area contributed by atoms with Gasteiger partial charge in [0.2, 0.25) is 0 Å². The van der Waals surface area contributed by atoms with Crippen molar-refractivity contribution in [3.05, 3.63) is 34.3 Å². The van der Waals surface area contributed by atoms with Crippen LogP contribution in [-0.4, -0.2) is 49.0 Å². The van der Waals surface area contributed by atoms with Gasteiger partial charge in [-0.3, -0.25) is 9.79 Å². The molecule has 0 aromatic heterocycles. The van der Waals surface area contributed by atoms with Crippen LogP contribution >= 0.6 is 51.7 Å². The summed E-state index contributed by atoms with van der Waals surface area (Å²) in [6.45, 7) is 4.93. The Morgan fingerprint density at radius 2 is 1.96 bits per heavy atom. The second-order valence-electron chi connectivity index (χ2n) is 5.54. The van der Waals surface area contributed by atoms with Crippen LogP contribution in [0.15, 0.2) is 33.7 Å². The first-order chi connectivity index (χ1) is 11.7. The molecular weight excluding hydrogens is 515 g/mol. The summed E-state index contributed by atoms with van der Waals surface area (Å²) in [5.74, 6) is 2.02. The molecule has 1 amide bonds. The van der Waals surface area contributed by atoms with Crippen LogP contribution in [0.3, 0.4) is 0 Å². The number of carbonyl (C=O) groups is 1. The van der Waals surface area contributed by atoms with Crippen LogP contribution in [-0.2, 0) is 0 Å². The Balaban J connectivity index is 0.00000312. The Bertz CT molecular complexity index is 550. The number of nitrogens with zero attached hydrogens (tertiary/aromatic N) is 1. The Morgan fingerprint density at radius 1 is 1.24 bits per heavy atom. The van der Waals surface area contributed by atoms with Gasteiger partial charge >= 0.3 is 0 Å². The van der Waals surface area contributed by atoms with Gasteiger partial charge in [-0.1, -0.05) is 15.9 Å². The third kappa shape index (κ3) is 8.63. The SMILES string of the molecule is CCNC(=NCC1CCCS1)NCCNC(=O)c1ccc(Br)cc1.I. The molecule has 1 aliphatic rings. The molecule has 3 N–H and O–H groups in total. The summed E-state index contributed by atoms with van der Waals surface area (Å²) in [5, 5.41) is 10.1. The fraction of sp³-hybridized carbons (Fsp3) is 0.529. The Hall–Kier alpha value is -0.480. The number of hydrogen-bond acceptors (Lipinski definition) is 3. The van der Waals surface area contributed by atoms with Crippen molar-refractivity contribution >= 4 is 63.5 Å². The number of aliphatic imine (C=N–C) groups is 1. The number of thioether (sulfide) groups is 1. The van der Waals surface area contributed by atoms with E-state index in [1.165, 1.54) is 18.6 Å². The number of halogens is 2. The summed E-state index contributed by atoms with van der Waals surface area (Å²) < 4.78 is 0.965. The minimum atomic E-state index is -0.0615. The predicted molar refractivity (Wildman–Crippen MR) is 121 cm³/mol. The van der Waals surface area contributed by atoms with Crippen LogP contribution in [0, 0.1) is 0 Å². The first kappa shape index (κ1) is 22.6. The molecule has 1 aliphatic heterocycles. The van der Waals surface area contributed by atoms with Crippen LogP contribution < -0.4 is 16.0 Å². The van der Waals surface area contributed by atoms with Crippen LogP contribution in [0.2, 0.25) is 0 Å². The molecule has 1 heterocycles. The lowest BCUT2D eigenvalue weighted by atomic mass is 10.2. The molecule has 1 atom stereocenters. The van der Waals surface area contributed by atoms with E-state index in [1.54, 1.807) is 12.1 Å². The first-order valence-corrected chi connectivity index (χ1v) is 10.2. The Labute approximate surface area is 179 Å². The van der Waals surface area contributed by atoms with Gasteiger partial charge in [0.05, 0.1) is 6.54 Å².